The van der Waals surface area contributed by atoms with E-state index in [1.54, 1.807) is 23.1 Å². The van der Waals surface area contributed by atoms with Crippen LogP contribution in [0.3, 0.4) is 0 Å². The van der Waals surface area contributed by atoms with E-state index in [0.717, 1.165) is 12.1 Å². The maximum atomic E-state index is 13.1. The molecule has 0 bridgehead atoms. The van der Waals surface area contributed by atoms with Gasteiger partial charge in [0, 0.05) is 26.2 Å². The summed E-state index contributed by atoms with van der Waals surface area (Å²) < 4.78 is 51.0. The average molecular weight is 406 g/mol. The van der Waals surface area contributed by atoms with E-state index in [9.17, 15) is 17.6 Å². The molecule has 1 atom stereocenters. The summed E-state index contributed by atoms with van der Waals surface area (Å²) in [5.74, 6) is 0.394. The molecule has 1 saturated heterocycles. The van der Waals surface area contributed by atoms with Crippen molar-refractivity contribution in [1.29, 1.82) is 0 Å². The lowest BCUT2D eigenvalue weighted by molar-refractivity contribution is -0.142. The summed E-state index contributed by atoms with van der Waals surface area (Å²) in [4.78, 5) is 14.4. The second-order valence-electron chi connectivity index (χ2n) is 6.55. The van der Waals surface area contributed by atoms with Crippen LogP contribution >= 0.6 is 0 Å². The number of para-hydroxylation sites is 2. The second kappa shape index (κ2) is 7.40. The highest BCUT2D eigenvalue weighted by Crippen LogP contribution is 2.31. The Hall–Kier alpha value is -2.65. The monoisotopic (exact) mass is 406 g/mol. The average Bonchev–Trinajstić information content (AvgIpc) is 2.73. The highest BCUT2D eigenvalue weighted by atomic mass is 32.2. The van der Waals surface area contributed by atoms with Crippen LogP contribution in [0.15, 0.2) is 53.4 Å². The van der Waals surface area contributed by atoms with Gasteiger partial charge in [-0.2, -0.15) is 4.31 Å². The van der Waals surface area contributed by atoms with Gasteiger partial charge in [-0.05, 0) is 36.4 Å². The molecule has 2 aliphatic rings. The minimum atomic E-state index is -3.72. The minimum absolute atomic E-state index is 0.0364. The molecule has 1 amide bonds. The maximum Gasteiger partial charge on any atom is 0.267 e. The van der Waals surface area contributed by atoms with Crippen LogP contribution in [0.5, 0.6) is 11.5 Å². The fourth-order valence-corrected chi connectivity index (χ4v) is 4.67. The second-order valence-corrected chi connectivity index (χ2v) is 8.49. The van der Waals surface area contributed by atoms with Crippen molar-refractivity contribution in [2.24, 2.45) is 0 Å². The first-order valence-corrected chi connectivity index (χ1v) is 10.3. The molecule has 2 heterocycles. The number of carbonyl (C=O) groups is 1. The normalized spacial score (nSPS) is 20.0. The highest BCUT2D eigenvalue weighted by Gasteiger charge is 2.35. The number of amides is 1. The largest absolute Gasteiger partial charge is 0.485 e. The molecule has 0 aliphatic carbocycles. The van der Waals surface area contributed by atoms with E-state index < -0.39 is 21.9 Å². The molecule has 7 nitrogen and oxygen atoms in total. The molecular weight excluding hydrogens is 387 g/mol. The summed E-state index contributed by atoms with van der Waals surface area (Å²) >= 11 is 0. The SMILES string of the molecule is O=C([C@@H]1COc2ccccc2O1)N1CCN(S(=O)(=O)c2ccc(F)cc2)CC1. The Morgan fingerprint density at radius 2 is 1.61 bits per heavy atom. The number of halogens is 1. The quantitative estimate of drug-likeness (QED) is 0.772. The Bertz CT molecular complexity index is 972. The minimum Gasteiger partial charge on any atom is -0.485 e. The van der Waals surface area contributed by atoms with Crippen LogP contribution in [0, 0.1) is 5.82 Å². The third kappa shape index (κ3) is 3.55. The molecule has 0 unspecified atom stereocenters. The van der Waals surface area contributed by atoms with Crippen LogP contribution in [0.25, 0.3) is 0 Å². The summed E-state index contributed by atoms with van der Waals surface area (Å²) in [5, 5.41) is 0. The summed E-state index contributed by atoms with van der Waals surface area (Å²) in [5.41, 5.74) is 0. The van der Waals surface area contributed by atoms with Crippen LogP contribution in [-0.4, -0.2) is 62.4 Å². The third-order valence-electron chi connectivity index (χ3n) is 4.79. The zero-order valence-electron chi connectivity index (χ0n) is 15.0. The van der Waals surface area contributed by atoms with Crippen molar-refractivity contribution >= 4 is 15.9 Å². The van der Waals surface area contributed by atoms with Crippen molar-refractivity contribution < 1.29 is 27.1 Å². The van der Waals surface area contributed by atoms with E-state index in [1.807, 2.05) is 6.07 Å². The first-order valence-electron chi connectivity index (χ1n) is 8.88. The predicted octanol–water partition coefficient (Wildman–Crippen LogP) is 1.50. The number of fused-ring (bicyclic) bond motifs is 1. The standard InChI is InChI=1S/C19H19FN2O5S/c20-14-5-7-15(8-6-14)28(24,25)22-11-9-21(10-12-22)19(23)18-13-26-16-3-1-2-4-17(16)27-18/h1-8,18H,9-13H2/t18-/m0/s1. The molecule has 1 fully saturated rings. The van der Waals surface area contributed by atoms with Gasteiger partial charge in [0.05, 0.1) is 4.90 Å². The molecule has 4 rings (SSSR count). The van der Waals surface area contributed by atoms with Crippen LogP contribution in [0.2, 0.25) is 0 Å². The van der Waals surface area contributed by atoms with Crippen LogP contribution in [-0.2, 0) is 14.8 Å². The van der Waals surface area contributed by atoms with E-state index in [0.29, 0.717) is 11.5 Å². The van der Waals surface area contributed by atoms with Gasteiger partial charge >= 0.3 is 0 Å². The summed E-state index contributed by atoms with van der Waals surface area (Å²) in [6.07, 6.45) is -0.754. The number of carbonyl (C=O) groups excluding carboxylic acids is 1. The maximum absolute atomic E-state index is 13.1. The summed E-state index contributed by atoms with van der Waals surface area (Å²) in [7, 11) is -3.72. The predicted molar refractivity (Wildman–Crippen MR) is 98.1 cm³/mol. The van der Waals surface area contributed by atoms with Gasteiger partial charge in [-0.15, -0.1) is 0 Å². The van der Waals surface area contributed by atoms with E-state index in [1.165, 1.54) is 16.4 Å². The highest BCUT2D eigenvalue weighted by molar-refractivity contribution is 7.89. The molecule has 148 valence electrons. The summed E-state index contributed by atoms with van der Waals surface area (Å²) in [6.45, 7) is 0.941. The Kier molecular flexibility index (Phi) is 4.94. The van der Waals surface area contributed by atoms with E-state index in [2.05, 4.69) is 0 Å². The van der Waals surface area contributed by atoms with Crippen LogP contribution in [0.1, 0.15) is 0 Å². The number of sulfonamides is 1. The zero-order valence-corrected chi connectivity index (χ0v) is 15.8. The van der Waals surface area contributed by atoms with E-state index >= 15 is 0 Å². The van der Waals surface area contributed by atoms with Gasteiger partial charge in [-0.3, -0.25) is 4.79 Å². The van der Waals surface area contributed by atoms with E-state index in [4.69, 9.17) is 9.47 Å². The van der Waals surface area contributed by atoms with Gasteiger partial charge in [0.1, 0.15) is 12.4 Å². The number of ether oxygens (including phenoxy) is 2. The number of nitrogens with zero attached hydrogens (tertiary/aromatic N) is 2. The van der Waals surface area contributed by atoms with Gasteiger partial charge < -0.3 is 14.4 Å². The Morgan fingerprint density at radius 3 is 2.29 bits per heavy atom. The first-order chi connectivity index (χ1) is 13.4. The van der Waals surface area contributed by atoms with Crippen molar-refractivity contribution in [3.63, 3.8) is 0 Å². The first kappa shape index (κ1) is 18.7. The lowest BCUT2D eigenvalue weighted by atomic mass is 10.2. The fraction of sp³-hybridized carbons (Fsp3) is 0.316. The lowest BCUT2D eigenvalue weighted by Crippen LogP contribution is -2.55. The van der Waals surface area contributed by atoms with Crippen molar-refractivity contribution in [3.05, 3.63) is 54.3 Å². The lowest BCUT2D eigenvalue weighted by Gasteiger charge is -2.36. The molecule has 9 heteroatoms. The summed E-state index contributed by atoms with van der Waals surface area (Å²) in [6, 6.07) is 11.9. The fourth-order valence-electron chi connectivity index (χ4n) is 3.25. The van der Waals surface area contributed by atoms with Gasteiger partial charge in [0.25, 0.3) is 5.91 Å². The molecule has 0 spiro atoms. The number of hydrogen-bond acceptors (Lipinski definition) is 5. The molecule has 2 aromatic carbocycles. The van der Waals surface area contributed by atoms with Crippen molar-refractivity contribution in [1.82, 2.24) is 9.21 Å². The Morgan fingerprint density at radius 1 is 0.964 bits per heavy atom. The molecule has 0 aromatic heterocycles. The molecule has 2 aliphatic heterocycles. The molecule has 0 saturated carbocycles. The Balaban J connectivity index is 1.39. The van der Waals surface area contributed by atoms with Crippen molar-refractivity contribution in [3.8, 4) is 11.5 Å². The number of benzene rings is 2. The molecule has 2 aromatic rings. The number of piperazine rings is 1. The number of hydrogen-bond donors (Lipinski definition) is 0. The van der Waals surface area contributed by atoms with E-state index in [-0.39, 0.29) is 43.6 Å². The number of rotatable bonds is 3. The van der Waals surface area contributed by atoms with Crippen molar-refractivity contribution in [2.45, 2.75) is 11.0 Å². The van der Waals surface area contributed by atoms with Crippen molar-refractivity contribution in [2.75, 3.05) is 32.8 Å². The molecular formula is C19H19FN2O5S. The van der Waals surface area contributed by atoms with Crippen LogP contribution in [0.4, 0.5) is 4.39 Å². The smallest absolute Gasteiger partial charge is 0.267 e. The topological polar surface area (TPSA) is 76.2 Å². The Labute approximate surface area is 162 Å². The molecule has 0 N–H and O–H groups in total. The molecule has 0 radical (unpaired) electrons. The van der Waals surface area contributed by atoms with Gasteiger partial charge in [0.2, 0.25) is 16.1 Å². The molecule has 28 heavy (non-hydrogen) atoms. The van der Waals surface area contributed by atoms with Gasteiger partial charge in [0.15, 0.2) is 11.5 Å². The van der Waals surface area contributed by atoms with Gasteiger partial charge in [-0.1, -0.05) is 12.1 Å². The third-order valence-corrected chi connectivity index (χ3v) is 6.70. The zero-order chi connectivity index (χ0) is 19.7. The van der Waals surface area contributed by atoms with Gasteiger partial charge in [-0.25, -0.2) is 12.8 Å². The van der Waals surface area contributed by atoms with Crippen LogP contribution < -0.4 is 9.47 Å².